The highest BCUT2D eigenvalue weighted by molar-refractivity contribution is 5.77. The Morgan fingerprint density at radius 3 is 3.15 bits per heavy atom. The molecule has 0 aliphatic heterocycles. The minimum Gasteiger partial charge on any atom is -0.351 e. The van der Waals surface area contributed by atoms with Gasteiger partial charge in [-0.3, -0.25) is 9.78 Å². The Kier molecular flexibility index (Phi) is 3.45. The van der Waals surface area contributed by atoms with Crippen molar-refractivity contribution in [1.29, 1.82) is 5.26 Å². The molecule has 1 heterocycles. The first-order chi connectivity index (χ1) is 6.33. The van der Waals surface area contributed by atoms with E-state index in [4.69, 9.17) is 5.26 Å². The van der Waals surface area contributed by atoms with Crippen LogP contribution in [0.2, 0.25) is 0 Å². The summed E-state index contributed by atoms with van der Waals surface area (Å²) in [7, 11) is 0. The van der Waals surface area contributed by atoms with Crippen LogP contribution in [0.1, 0.15) is 12.0 Å². The van der Waals surface area contributed by atoms with Crippen molar-refractivity contribution >= 4 is 5.91 Å². The lowest BCUT2D eigenvalue weighted by Gasteiger charge is -2.00. The highest BCUT2D eigenvalue weighted by atomic mass is 16.1. The summed E-state index contributed by atoms with van der Waals surface area (Å²) in [5.74, 6) is -0.258. The predicted molar refractivity (Wildman–Crippen MR) is 46.3 cm³/mol. The van der Waals surface area contributed by atoms with E-state index >= 15 is 0 Å². The summed E-state index contributed by atoms with van der Waals surface area (Å²) in [6.07, 6.45) is 3.24. The van der Waals surface area contributed by atoms with Gasteiger partial charge in [-0.05, 0) is 11.6 Å². The highest BCUT2D eigenvalue weighted by Crippen LogP contribution is 1.94. The summed E-state index contributed by atoms with van der Waals surface area (Å²) >= 11 is 0. The van der Waals surface area contributed by atoms with E-state index < -0.39 is 0 Å². The average Bonchev–Trinajstić information content (AvgIpc) is 2.17. The molecule has 0 aliphatic rings. The standard InChI is InChI=1S/C9H9N3O/c10-4-3-9(13)12-7-8-2-1-5-11-6-8/h1-2,5-6H,3,7H2,(H,12,13). The van der Waals surface area contributed by atoms with Gasteiger partial charge in [0, 0.05) is 18.9 Å². The number of carbonyl (C=O) groups is 1. The van der Waals surface area contributed by atoms with Crippen molar-refractivity contribution < 1.29 is 4.79 Å². The van der Waals surface area contributed by atoms with Crippen LogP contribution in [-0.2, 0) is 11.3 Å². The molecule has 0 saturated carbocycles. The van der Waals surface area contributed by atoms with Crippen molar-refractivity contribution in [3.63, 3.8) is 0 Å². The number of rotatable bonds is 3. The molecule has 0 fully saturated rings. The first-order valence-corrected chi connectivity index (χ1v) is 3.85. The van der Waals surface area contributed by atoms with Gasteiger partial charge in [0.15, 0.2) is 0 Å². The second-order valence-corrected chi connectivity index (χ2v) is 2.47. The lowest BCUT2D eigenvalue weighted by Crippen LogP contribution is -2.21. The number of nitriles is 1. The Morgan fingerprint density at radius 1 is 1.69 bits per heavy atom. The highest BCUT2D eigenvalue weighted by Gasteiger charge is 1.98. The smallest absolute Gasteiger partial charge is 0.234 e. The van der Waals surface area contributed by atoms with Gasteiger partial charge in [0.25, 0.3) is 0 Å². The fraction of sp³-hybridized carbons (Fsp3) is 0.222. The molecule has 4 nitrogen and oxygen atoms in total. The van der Waals surface area contributed by atoms with Gasteiger partial charge in [-0.2, -0.15) is 5.26 Å². The van der Waals surface area contributed by atoms with Gasteiger partial charge >= 0.3 is 0 Å². The number of pyridine rings is 1. The quantitative estimate of drug-likeness (QED) is 0.732. The molecule has 0 radical (unpaired) electrons. The molecule has 1 rings (SSSR count). The van der Waals surface area contributed by atoms with Crippen LogP contribution in [0.3, 0.4) is 0 Å². The molecule has 0 saturated heterocycles. The zero-order chi connectivity index (χ0) is 9.52. The van der Waals surface area contributed by atoms with Crippen molar-refractivity contribution in [3.05, 3.63) is 30.1 Å². The third-order valence-electron chi connectivity index (χ3n) is 1.45. The zero-order valence-electron chi connectivity index (χ0n) is 7.03. The molecule has 0 aromatic carbocycles. The van der Waals surface area contributed by atoms with Crippen LogP contribution in [-0.4, -0.2) is 10.9 Å². The summed E-state index contributed by atoms with van der Waals surface area (Å²) in [6.45, 7) is 0.425. The van der Waals surface area contributed by atoms with Gasteiger partial charge in [-0.15, -0.1) is 0 Å². The summed E-state index contributed by atoms with van der Waals surface area (Å²) in [6, 6.07) is 5.43. The van der Waals surface area contributed by atoms with E-state index in [9.17, 15) is 4.79 Å². The topological polar surface area (TPSA) is 65.8 Å². The number of nitrogens with zero attached hydrogens (tertiary/aromatic N) is 2. The first kappa shape index (κ1) is 9.20. The van der Waals surface area contributed by atoms with Crippen molar-refractivity contribution in [2.24, 2.45) is 0 Å². The van der Waals surface area contributed by atoms with Crippen LogP contribution in [0.25, 0.3) is 0 Å². The minimum absolute atomic E-state index is 0.0970. The fourth-order valence-corrected chi connectivity index (χ4v) is 0.838. The maximum Gasteiger partial charge on any atom is 0.234 e. The molecule has 0 aliphatic carbocycles. The maximum absolute atomic E-state index is 10.9. The fourth-order valence-electron chi connectivity index (χ4n) is 0.838. The van der Waals surface area contributed by atoms with Crippen molar-refractivity contribution in [2.45, 2.75) is 13.0 Å². The number of amides is 1. The molecular weight excluding hydrogens is 166 g/mol. The summed E-state index contributed by atoms with van der Waals surface area (Å²) < 4.78 is 0. The Hall–Kier alpha value is -1.89. The van der Waals surface area contributed by atoms with E-state index in [0.717, 1.165) is 5.56 Å². The lowest BCUT2D eigenvalue weighted by atomic mass is 10.3. The molecule has 4 heteroatoms. The second kappa shape index (κ2) is 4.88. The Labute approximate surface area is 76.2 Å². The van der Waals surface area contributed by atoms with Gasteiger partial charge in [0.2, 0.25) is 5.91 Å². The second-order valence-electron chi connectivity index (χ2n) is 2.47. The van der Waals surface area contributed by atoms with Gasteiger partial charge in [0.05, 0.1) is 6.07 Å². The largest absolute Gasteiger partial charge is 0.351 e. The summed E-state index contributed by atoms with van der Waals surface area (Å²) in [4.78, 5) is 14.8. The maximum atomic E-state index is 10.9. The van der Waals surface area contributed by atoms with Crippen molar-refractivity contribution in [1.82, 2.24) is 10.3 Å². The molecule has 0 spiro atoms. The molecule has 0 atom stereocenters. The summed E-state index contributed by atoms with van der Waals surface area (Å²) in [5, 5.41) is 10.8. The molecule has 66 valence electrons. The van der Waals surface area contributed by atoms with Crippen LogP contribution in [0.15, 0.2) is 24.5 Å². The molecular formula is C9H9N3O. The van der Waals surface area contributed by atoms with Gasteiger partial charge in [-0.1, -0.05) is 6.07 Å². The molecule has 1 N–H and O–H groups in total. The van der Waals surface area contributed by atoms with E-state index in [-0.39, 0.29) is 12.3 Å². The molecule has 1 aromatic heterocycles. The van der Waals surface area contributed by atoms with Gasteiger partial charge < -0.3 is 5.32 Å². The number of hydrogen-bond donors (Lipinski definition) is 1. The van der Waals surface area contributed by atoms with Crippen LogP contribution < -0.4 is 5.32 Å². The molecule has 0 bridgehead atoms. The lowest BCUT2D eigenvalue weighted by molar-refractivity contribution is -0.120. The number of carbonyl (C=O) groups excluding carboxylic acids is 1. The Balaban J connectivity index is 2.36. The summed E-state index contributed by atoms with van der Waals surface area (Å²) in [5.41, 5.74) is 0.925. The SMILES string of the molecule is N#CCC(=O)NCc1cccnc1. The monoisotopic (exact) mass is 175 g/mol. The van der Waals surface area contributed by atoms with E-state index in [1.807, 2.05) is 6.07 Å². The van der Waals surface area contributed by atoms with Crippen LogP contribution in [0, 0.1) is 11.3 Å². The van der Waals surface area contributed by atoms with Gasteiger partial charge in [-0.25, -0.2) is 0 Å². The van der Waals surface area contributed by atoms with Crippen molar-refractivity contribution in [2.75, 3.05) is 0 Å². The average molecular weight is 175 g/mol. The van der Waals surface area contributed by atoms with E-state index in [1.165, 1.54) is 0 Å². The minimum atomic E-state index is -0.258. The Bertz CT molecular complexity index is 315. The normalized spacial score (nSPS) is 8.85. The zero-order valence-corrected chi connectivity index (χ0v) is 7.03. The molecule has 13 heavy (non-hydrogen) atoms. The number of aromatic nitrogens is 1. The molecule has 1 aromatic rings. The Morgan fingerprint density at radius 2 is 2.54 bits per heavy atom. The van der Waals surface area contributed by atoms with E-state index in [1.54, 1.807) is 24.5 Å². The molecule has 0 unspecified atom stereocenters. The third kappa shape index (κ3) is 3.34. The molecule has 1 amide bonds. The van der Waals surface area contributed by atoms with Crippen LogP contribution >= 0.6 is 0 Å². The van der Waals surface area contributed by atoms with Crippen LogP contribution in [0.5, 0.6) is 0 Å². The van der Waals surface area contributed by atoms with E-state index in [0.29, 0.717) is 6.54 Å². The predicted octanol–water partition coefficient (Wildman–Crippen LogP) is 0.611. The third-order valence-corrected chi connectivity index (χ3v) is 1.45. The first-order valence-electron chi connectivity index (χ1n) is 3.85. The van der Waals surface area contributed by atoms with E-state index in [2.05, 4.69) is 10.3 Å². The van der Waals surface area contributed by atoms with Crippen LogP contribution in [0.4, 0.5) is 0 Å². The van der Waals surface area contributed by atoms with Crippen molar-refractivity contribution in [3.8, 4) is 6.07 Å². The number of hydrogen-bond acceptors (Lipinski definition) is 3. The number of nitrogens with one attached hydrogen (secondary N) is 1. The van der Waals surface area contributed by atoms with Gasteiger partial charge in [0.1, 0.15) is 6.42 Å².